The molecule has 0 aliphatic heterocycles. The lowest BCUT2D eigenvalue weighted by Crippen LogP contribution is -2.29. The van der Waals surface area contributed by atoms with Crippen LogP contribution in [0.4, 0.5) is 0 Å². The smallest absolute Gasteiger partial charge is 0.350 e. The van der Waals surface area contributed by atoms with E-state index in [1.807, 2.05) is 0 Å². The summed E-state index contributed by atoms with van der Waals surface area (Å²) in [6, 6.07) is 0. The number of rotatable bonds is 4. The van der Waals surface area contributed by atoms with Gasteiger partial charge >= 0.3 is 9.28 Å². The van der Waals surface area contributed by atoms with Crippen molar-refractivity contribution in [3.8, 4) is 0 Å². The minimum Gasteiger partial charge on any atom is -0.397 e. The minimum absolute atomic E-state index is 0.701. The van der Waals surface area contributed by atoms with E-state index in [1.54, 1.807) is 14.2 Å². The predicted octanol–water partition coefficient (Wildman–Crippen LogP) is 1.40. The summed E-state index contributed by atoms with van der Waals surface area (Å²) in [6.45, 7) is 4.03. The van der Waals surface area contributed by atoms with Gasteiger partial charge in [0.2, 0.25) is 0 Å². The van der Waals surface area contributed by atoms with Crippen LogP contribution in [0, 0.1) is 5.92 Å². The lowest BCUT2D eigenvalue weighted by Gasteiger charge is -2.29. The zero-order valence-electron chi connectivity index (χ0n) is 7.30. The van der Waals surface area contributed by atoms with Crippen LogP contribution >= 0.6 is 0 Å². The van der Waals surface area contributed by atoms with Crippen molar-refractivity contribution < 1.29 is 8.85 Å². The van der Waals surface area contributed by atoms with Gasteiger partial charge in [-0.1, -0.05) is 13.0 Å². The number of allylic oxidation sites excluding steroid dienone is 1. The average Bonchev–Trinajstić information content (AvgIpc) is 1.86. The van der Waals surface area contributed by atoms with E-state index in [4.69, 9.17) is 8.85 Å². The van der Waals surface area contributed by atoms with Crippen molar-refractivity contribution in [3.05, 3.63) is 11.8 Å². The van der Waals surface area contributed by atoms with Gasteiger partial charge in [-0.05, 0) is 24.0 Å². The average molecular weight is 172 g/mol. The highest BCUT2D eigenvalue weighted by Crippen LogP contribution is 2.33. The third-order valence-corrected chi connectivity index (χ3v) is 4.29. The maximum absolute atomic E-state index is 5.24. The van der Waals surface area contributed by atoms with Crippen molar-refractivity contribution in [2.45, 2.75) is 19.3 Å². The summed E-state index contributed by atoms with van der Waals surface area (Å²) in [7, 11) is 1.92. The van der Waals surface area contributed by atoms with Crippen molar-refractivity contribution in [1.29, 1.82) is 0 Å². The van der Waals surface area contributed by atoms with Crippen molar-refractivity contribution in [2.24, 2.45) is 5.92 Å². The molecule has 11 heavy (non-hydrogen) atoms. The van der Waals surface area contributed by atoms with Crippen LogP contribution in [0.1, 0.15) is 19.3 Å². The van der Waals surface area contributed by atoms with E-state index in [0.717, 1.165) is 0 Å². The van der Waals surface area contributed by atoms with Gasteiger partial charge in [0.15, 0.2) is 0 Å². The first-order chi connectivity index (χ1) is 5.29. The third-order valence-electron chi connectivity index (χ3n) is 2.36. The van der Waals surface area contributed by atoms with Gasteiger partial charge in [0.05, 0.1) is 0 Å². The fraction of sp³-hybridized carbons (Fsp3) is 0.750. The van der Waals surface area contributed by atoms with Crippen molar-refractivity contribution in [1.82, 2.24) is 0 Å². The van der Waals surface area contributed by atoms with Crippen LogP contribution < -0.4 is 0 Å². The molecule has 0 aromatic heterocycles. The Morgan fingerprint density at radius 2 is 1.91 bits per heavy atom. The van der Waals surface area contributed by atoms with Gasteiger partial charge in [0.25, 0.3) is 0 Å². The van der Waals surface area contributed by atoms with Crippen LogP contribution in [0.25, 0.3) is 0 Å². The quantitative estimate of drug-likeness (QED) is 0.597. The molecule has 0 bridgehead atoms. The Labute approximate surface area is 70.0 Å². The first-order valence-corrected chi connectivity index (χ1v) is 5.56. The molecule has 1 aliphatic rings. The second-order valence-corrected chi connectivity index (χ2v) is 5.35. The molecule has 0 atom stereocenters. The molecule has 0 N–H and O–H groups in total. The van der Waals surface area contributed by atoms with Crippen LogP contribution in [-0.2, 0) is 8.85 Å². The maximum Gasteiger partial charge on any atom is 0.350 e. The number of hydrogen-bond acceptors (Lipinski definition) is 2. The molecule has 0 aromatic rings. The molecule has 0 aromatic carbocycles. The van der Waals surface area contributed by atoms with Crippen LogP contribution in [0.2, 0.25) is 0 Å². The molecule has 1 rings (SSSR count). The Balaban J connectivity index is 2.36. The normalized spacial score (nSPS) is 18.5. The molecule has 0 unspecified atom stereocenters. The van der Waals surface area contributed by atoms with E-state index in [1.165, 1.54) is 24.5 Å². The van der Waals surface area contributed by atoms with Crippen LogP contribution in [0.3, 0.4) is 0 Å². The number of hydrogen-bond donors (Lipinski definition) is 0. The molecule has 2 nitrogen and oxygen atoms in total. The van der Waals surface area contributed by atoms with Gasteiger partial charge in [-0.2, -0.15) is 0 Å². The van der Waals surface area contributed by atoms with Gasteiger partial charge < -0.3 is 8.85 Å². The Bertz CT molecular complexity index is 139. The topological polar surface area (TPSA) is 18.5 Å². The summed E-state index contributed by atoms with van der Waals surface area (Å²) < 4.78 is 10.5. The zero-order chi connectivity index (χ0) is 8.27. The monoisotopic (exact) mass is 172 g/mol. The molecule has 0 radical (unpaired) electrons. The van der Waals surface area contributed by atoms with Gasteiger partial charge in [0.1, 0.15) is 0 Å². The third kappa shape index (κ3) is 1.92. The molecule has 0 amide bonds. The Morgan fingerprint density at radius 3 is 2.18 bits per heavy atom. The minimum atomic E-state index is -1.50. The van der Waals surface area contributed by atoms with E-state index >= 15 is 0 Å². The predicted molar refractivity (Wildman–Crippen MR) is 47.6 cm³/mol. The summed E-state index contributed by atoms with van der Waals surface area (Å²) in [5.41, 5.74) is 0. The molecule has 3 heteroatoms. The Hall–Kier alpha value is -0.123. The van der Waals surface area contributed by atoms with E-state index in [2.05, 4.69) is 6.58 Å². The molecule has 1 fully saturated rings. The largest absolute Gasteiger partial charge is 0.397 e. The molecule has 64 valence electrons. The molecule has 1 aliphatic carbocycles. The first-order valence-electron chi connectivity index (χ1n) is 4.04. The first kappa shape index (κ1) is 8.97. The maximum atomic E-state index is 5.24. The summed E-state index contributed by atoms with van der Waals surface area (Å²) in [6.07, 6.45) is 3.92. The second kappa shape index (κ2) is 4.04. The van der Waals surface area contributed by atoms with Gasteiger partial charge in [-0.15, -0.1) is 0 Å². The fourth-order valence-electron chi connectivity index (χ4n) is 1.37. The molecular formula is C8H16O2Si. The molecule has 0 spiro atoms. The van der Waals surface area contributed by atoms with Crippen molar-refractivity contribution in [3.63, 3.8) is 0 Å². The highest BCUT2D eigenvalue weighted by Gasteiger charge is 2.27. The summed E-state index contributed by atoms with van der Waals surface area (Å²) in [4.78, 5) is 0. The standard InChI is InChI=1S/C8H16O2Si/c1-7(8-5-4-6-8)11(9-2)10-3/h8,11H,1,4-6H2,2-3H3. The van der Waals surface area contributed by atoms with Crippen molar-refractivity contribution >= 4 is 9.28 Å². The SMILES string of the molecule is C=C(C1CCC1)[SiH](OC)OC. The van der Waals surface area contributed by atoms with Crippen LogP contribution in [0.5, 0.6) is 0 Å². The molecular weight excluding hydrogens is 156 g/mol. The summed E-state index contributed by atoms with van der Waals surface area (Å²) >= 11 is 0. The van der Waals surface area contributed by atoms with Gasteiger partial charge in [-0.3, -0.25) is 0 Å². The highest BCUT2D eigenvalue weighted by atomic mass is 28.3. The van der Waals surface area contributed by atoms with Gasteiger partial charge in [0, 0.05) is 14.2 Å². The molecule has 1 saturated carbocycles. The van der Waals surface area contributed by atoms with E-state index in [9.17, 15) is 0 Å². The van der Waals surface area contributed by atoms with E-state index in [-0.39, 0.29) is 0 Å². The van der Waals surface area contributed by atoms with Crippen LogP contribution in [-0.4, -0.2) is 23.5 Å². The molecule has 0 saturated heterocycles. The van der Waals surface area contributed by atoms with E-state index in [0.29, 0.717) is 5.92 Å². The van der Waals surface area contributed by atoms with Crippen molar-refractivity contribution in [2.75, 3.05) is 14.2 Å². The Morgan fingerprint density at radius 1 is 1.36 bits per heavy atom. The second-order valence-electron chi connectivity index (χ2n) is 3.01. The molecule has 0 heterocycles. The fourth-order valence-corrected chi connectivity index (χ4v) is 2.89. The summed E-state index contributed by atoms with van der Waals surface area (Å²) in [5.74, 6) is 0.701. The van der Waals surface area contributed by atoms with Crippen LogP contribution in [0.15, 0.2) is 11.8 Å². The highest BCUT2D eigenvalue weighted by molar-refractivity contribution is 6.53. The zero-order valence-corrected chi connectivity index (χ0v) is 8.45. The Kier molecular flexibility index (Phi) is 3.30. The summed E-state index contributed by atoms with van der Waals surface area (Å²) in [5, 5.41) is 1.24. The van der Waals surface area contributed by atoms with E-state index < -0.39 is 9.28 Å². The van der Waals surface area contributed by atoms with Gasteiger partial charge in [-0.25, -0.2) is 0 Å². The lowest BCUT2D eigenvalue weighted by molar-refractivity contribution is 0.271. The lowest BCUT2D eigenvalue weighted by atomic mass is 9.85.